The van der Waals surface area contributed by atoms with Crippen molar-refractivity contribution in [1.29, 1.82) is 0 Å². The van der Waals surface area contributed by atoms with Gasteiger partial charge in [-0.2, -0.15) is 0 Å². The second-order valence-electron chi connectivity index (χ2n) is 6.08. The van der Waals surface area contributed by atoms with E-state index < -0.39 is 12.2 Å². The van der Waals surface area contributed by atoms with Crippen LogP contribution in [0.3, 0.4) is 0 Å². The fourth-order valence-electron chi connectivity index (χ4n) is 2.72. The Hall–Kier alpha value is -1.66. The molecule has 1 aliphatic carbocycles. The van der Waals surface area contributed by atoms with Crippen molar-refractivity contribution in [2.75, 3.05) is 19.8 Å². The van der Waals surface area contributed by atoms with Crippen LogP contribution in [0.5, 0.6) is 0 Å². The predicted octanol–water partition coefficient (Wildman–Crippen LogP) is 1.57. The summed E-state index contributed by atoms with van der Waals surface area (Å²) in [4.78, 5) is 24.1. The Morgan fingerprint density at radius 2 is 1.67 bits per heavy atom. The lowest BCUT2D eigenvalue weighted by Crippen LogP contribution is -2.46. The number of rotatable bonds is 11. The smallest absolute Gasteiger partial charge is 0.249 e. The molecule has 0 aromatic heterocycles. The van der Waals surface area contributed by atoms with Crippen LogP contribution in [0.2, 0.25) is 0 Å². The molecule has 1 fully saturated rings. The van der Waals surface area contributed by atoms with E-state index in [4.69, 9.17) is 9.47 Å². The standard InChI is InChI=1S/C18H30N2O4/c1-5-10-23-13(3)17(21)19-12-15-8-7-9-16(15)20-18(22)14(4)24-11-6-2/h5-6,13-16H,1-2,7-12H2,3-4H3,(H,19,21)(H,20,22)/t13-,14+,15+,16-/m1/s1. The van der Waals surface area contributed by atoms with Gasteiger partial charge in [0.25, 0.3) is 0 Å². The van der Waals surface area contributed by atoms with Crippen molar-refractivity contribution in [2.24, 2.45) is 5.92 Å². The predicted molar refractivity (Wildman–Crippen MR) is 93.5 cm³/mol. The highest BCUT2D eigenvalue weighted by Crippen LogP contribution is 2.25. The van der Waals surface area contributed by atoms with E-state index in [1.165, 1.54) is 0 Å². The normalized spacial score (nSPS) is 22.4. The third kappa shape index (κ3) is 6.84. The van der Waals surface area contributed by atoms with Crippen LogP contribution >= 0.6 is 0 Å². The van der Waals surface area contributed by atoms with Crippen LogP contribution in [0.4, 0.5) is 0 Å². The van der Waals surface area contributed by atoms with Gasteiger partial charge in [-0.3, -0.25) is 9.59 Å². The van der Waals surface area contributed by atoms with Crippen molar-refractivity contribution >= 4 is 11.8 Å². The van der Waals surface area contributed by atoms with Crippen LogP contribution in [0.15, 0.2) is 25.3 Å². The van der Waals surface area contributed by atoms with Crippen LogP contribution in [-0.4, -0.2) is 49.8 Å². The zero-order valence-electron chi connectivity index (χ0n) is 14.8. The molecule has 0 heterocycles. The van der Waals surface area contributed by atoms with Crippen molar-refractivity contribution in [2.45, 2.75) is 51.4 Å². The van der Waals surface area contributed by atoms with Gasteiger partial charge < -0.3 is 20.1 Å². The molecular formula is C18H30N2O4. The summed E-state index contributed by atoms with van der Waals surface area (Å²) < 4.78 is 10.6. The molecule has 0 bridgehead atoms. The number of hydrogen-bond donors (Lipinski definition) is 2. The van der Waals surface area contributed by atoms with Gasteiger partial charge in [-0.25, -0.2) is 0 Å². The Morgan fingerprint density at radius 3 is 2.25 bits per heavy atom. The topological polar surface area (TPSA) is 76.7 Å². The summed E-state index contributed by atoms with van der Waals surface area (Å²) in [5, 5.41) is 5.94. The van der Waals surface area contributed by atoms with Crippen LogP contribution in [0.1, 0.15) is 33.1 Å². The minimum absolute atomic E-state index is 0.0666. The molecule has 6 heteroatoms. The molecule has 0 spiro atoms. The summed E-state index contributed by atoms with van der Waals surface area (Å²) in [7, 11) is 0. The second-order valence-corrected chi connectivity index (χ2v) is 6.08. The molecule has 0 aliphatic heterocycles. The average Bonchev–Trinajstić information content (AvgIpc) is 3.02. The molecule has 1 aliphatic rings. The van der Waals surface area contributed by atoms with E-state index in [-0.39, 0.29) is 23.8 Å². The Labute approximate surface area is 144 Å². The lowest BCUT2D eigenvalue weighted by atomic mass is 10.0. The fraction of sp³-hybridized carbons (Fsp3) is 0.667. The third-order valence-corrected chi connectivity index (χ3v) is 4.19. The van der Waals surface area contributed by atoms with E-state index in [0.717, 1.165) is 19.3 Å². The van der Waals surface area contributed by atoms with Gasteiger partial charge in [-0.15, -0.1) is 13.2 Å². The van der Waals surface area contributed by atoms with Gasteiger partial charge in [-0.1, -0.05) is 18.6 Å². The largest absolute Gasteiger partial charge is 0.365 e. The van der Waals surface area contributed by atoms with E-state index in [0.29, 0.717) is 19.8 Å². The quantitative estimate of drug-likeness (QED) is 0.561. The van der Waals surface area contributed by atoms with Crippen molar-refractivity contribution in [3.05, 3.63) is 25.3 Å². The van der Waals surface area contributed by atoms with Gasteiger partial charge in [0.15, 0.2) is 0 Å². The summed E-state index contributed by atoms with van der Waals surface area (Å²) in [6.07, 6.45) is 5.15. The summed E-state index contributed by atoms with van der Waals surface area (Å²) in [5.74, 6) is -0.0321. The molecule has 136 valence electrons. The first-order valence-corrected chi connectivity index (χ1v) is 8.52. The monoisotopic (exact) mass is 338 g/mol. The summed E-state index contributed by atoms with van der Waals surface area (Å²) in [6, 6.07) is 0.0666. The lowest BCUT2D eigenvalue weighted by Gasteiger charge is -2.23. The van der Waals surface area contributed by atoms with Crippen LogP contribution in [-0.2, 0) is 19.1 Å². The lowest BCUT2D eigenvalue weighted by molar-refractivity contribution is -0.132. The summed E-state index contributed by atoms with van der Waals surface area (Å²) >= 11 is 0. The SMILES string of the molecule is C=CCO[C@@H](C)C(=O)N[C@@H]1CCC[C@H]1CNC(=O)[C@@H](C)OCC=C. The molecule has 0 radical (unpaired) electrons. The van der Waals surface area contributed by atoms with Gasteiger partial charge in [0.1, 0.15) is 12.2 Å². The highest BCUT2D eigenvalue weighted by atomic mass is 16.5. The van der Waals surface area contributed by atoms with Gasteiger partial charge in [-0.05, 0) is 32.6 Å². The van der Waals surface area contributed by atoms with Gasteiger partial charge in [0, 0.05) is 12.6 Å². The molecule has 0 aromatic carbocycles. The fourth-order valence-corrected chi connectivity index (χ4v) is 2.72. The minimum atomic E-state index is -0.509. The van der Waals surface area contributed by atoms with E-state index >= 15 is 0 Å². The minimum Gasteiger partial charge on any atom is -0.365 e. The molecule has 1 saturated carbocycles. The first kappa shape index (κ1) is 20.4. The first-order valence-electron chi connectivity index (χ1n) is 8.52. The number of carbonyl (C=O) groups excluding carboxylic acids is 2. The number of carbonyl (C=O) groups is 2. The van der Waals surface area contributed by atoms with Crippen molar-refractivity contribution in [3.63, 3.8) is 0 Å². The van der Waals surface area contributed by atoms with E-state index in [1.807, 2.05) is 0 Å². The zero-order valence-corrected chi connectivity index (χ0v) is 14.8. The Kier molecular flexibility index (Phi) is 9.34. The van der Waals surface area contributed by atoms with Gasteiger partial charge in [0.05, 0.1) is 13.2 Å². The highest BCUT2D eigenvalue weighted by molar-refractivity contribution is 5.81. The van der Waals surface area contributed by atoms with Crippen LogP contribution in [0.25, 0.3) is 0 Å². The van der Waals surface area contributed by atoms with Crippen LogP contribution < -0.4 is 10.6 Å². The van der Waals surface area contributed by atoms with Gasteiger partial charge in [0.2, 0.25) is 11.8 Å². The molecule has 0 aromatic rings. The molecule has 0 unspecified atom stereocenters. The van der Waals surface area contributed by atoms with Crippen molar-refractivity contribution < 1.29 is 19.1 Å². The van der Waals surface area contributed by atoms with Gasteiger partial charge >= 0.3 is 0 Å². The summed E-state index contributed by atoms with van der Waals surface area (Å²) in [6.45, 7) is 11.8. The number of amides is 2. The maximum Gasteiger partial charge on any atom is 0.249 e. The molecule has 2 N–H and O–H groups in total. The number of hydrogen-bond acceptors (Lipinski definition) is 4. The third-order valence-electron chi connectivity index (χ3n) is 4.19. The Morgan fingerprint density at radius 1 is 1.08 bits per heavy atom. The molecule has 6 nitrogen and oxygen atoms in total. The number of ether oxygens (including phenoxy) is 2. The van der Waals surface area contributed by atoms with Crippen LogP contribution in [0, 0.1) is 5.92 Å². The molecule has 2 amide bonds. The Balaban J connectivity index is 2.39. The molecular weight excluding hydrogens is 308 g/mol. The maximum absolute atomic E-state index is 12.1. The molecule has 1 rings (SSSR count). The van der Waals surface area contributed by atoms with E-state index in [9.17, 15) is 9.59 Å². The van der Waals surface area contributed by atoms with Crippen molar-refractivity contribution in [1.82, 2.24) is 10.6 Å². The maximum atomic E-state index is 12.1. The summed E-state index contributed by atoms with van der Waals surface area (Å²) in [5.41, 5.74) is 0. The average molecular weight is 338 g/mol. The highest BCUT2D eigenvalue weighted by Gasteiger charge is 2.30. The zero-order chi connectivity index (χ0) is 17.9. The first-order chi connectivity index (χ1) is 11.5. The van der Waals surface area contributed by atoms with Crippen molar-refractivity contribution in [3.8, 4) is 0 Å². The van der Waals surface area contributed by atoms with E-state index in [1.54, 1.807) is 26.0 Å². The number of nitrogens with one attached hydrogen (secondary N) is 2. The second kappa shape index (κ2) is 11.0. The molecule has 24 heavy (non-hydrogen) atoms. The molecule has 0 saturated heterocycles. The van der Waals surface area contributed by atoms with E-state index in [2.05, 4.69) is 23.8 Å². The Bertz CT molecular complexity index is 439. The molecule has 4 atom stereocenters.